The van der Waals surface area contributed by atoms with Gasteiger partial charge in [-0.15, -0.1) is 45.3 Å². The van der Waals surface area contributed by atoms with Crippen LogP contribution in [0, 0.1) is 6.92 Å². The van der Waals surface area contributed by atoms with E-state index in [0.717, 1.165) is 5.00 Å². The number of aryl methyl sites for hydroxylation is 1. The molecule has 5 aromatic rings. The first-order chi connectivity index (χ1) is 14.9. The van der Waals surface area contributed by atoms with Crippen molar-refractivity contribution < 1.29 is 0 Å². The molecule has 0 bridgehead atoms. The third-order valence-corrected chi connectivity index (χ3v) is 10.9. The Labute approximate surface area is 206 Å². The van der Waals surface area contributed by atoms with Crippen molar-refractivity contribution in [1.29, 1.82) is 0 Å². The van der Waals surface area contributed by atoms with Crippen molar-refractivity contribution in [2.75, 3.05) is 5.73 Å². The zero-order valence-corrected chi connectivity index (χ0v) is 22.9. The Bertz CT molecular complexity index is 1290. The van der Waals surface area contributed by atoms with E-state index in [2.05, 4.69) is 78.8 Å². The number of anilines is 1. The molecule has 0 aliphatic heterocycles. The first kappa shape index (κ1) is 22.1. The van der Waals surface area contributed by atoms with Gasteiger partial charge in [-0.25, -0.2) is 0 Å². The average Bonchev–Trinajstić information content (AvgIpc) is 3.43. The van der Waals surface area contributed by atoms with Gasteiger partial charge in [0.15, 0.2) is 0 Å². The molecule has 4 aromatic heterocycles. The lowest BCUT2D eigenvalue weighted by Gasteiger charge is -2.15. The molecule has 5 rings (SSSR count). The molecule has 0 aliphatic carbocycles. The Hall–Kier alpha value is -1.66. The molecule has 1 aromatic carbocycles. The summed E-state index contributed by atoms with van der Waals surface area (Å²) in [5.74, 6) is 0. The van der Waals surface area contributed by atoms with Crippen molar-refractivity contribution in [3.8, 4) is 20.9 Å². The van der Waals surface area contributed by atoms with E-state index in [9.17, 15) is 0 Å². The maximum absolute atomic E-state index is 6.20. The van der Waals surface area contributed by atoms with Crippen LogP contribution in [-0.4, -0.2) is 0 Å². The fourth-order valence-electron chi connectivity index (χ4n) is 4.05. The second-order valence-electron chi connectivity index (χ2n) is 10.6. The van der Waals surface area contributed by atoms with E-state index < -0.39 is 0 Å². The highest BCUT2D eigenvalue weighted by Gasteiger charge is 2.27. The first-order valence-corrected chi connectivity index (χ1v) is 14.2. The van der Waals surface area contributed by atoms with E-state index in [1.54, 1.807) is 11.3 Å². The van der Waals surface area contributed by atoms with E-state index >= 15 is 0 Å². The molecule has 166 valence electrons. The minimum absolute atomic E-state index is 0.113. The quantitative estimate of drug-likeness (QED) is 0.259. The SMILES string of the molecule is Cc1ccc(-c2c3cc(C(C)(C)C)sc3c(-c3ccc(N)s3)c3cc(C(C)(C)C)sc23)s1. The molecule has 5 heteroatoms. The predicted octanol–water partition coefficient (Wildman–Crippen LogP) is 10.1. The maximum Gasteiger partial charge on any atom is 0.0862 e. The lowest BCUT2D eigenvalue weighted by atomic mass is 9.92. The third kappa shape index (κ3) is 3.63. The highest BCUT2D eigenvalue weighted by Crippen LogP contribution is 2.53. The average molecular weight is 496 g/mol. The Morgan fingerprint density at radius 1 is 0.625 bits per heavy atom. The minimum Gasteiger partial charge on any atom is -0.391 e. The van der Waals surface area contributed by atoms with Crippen LogP contribution < -0.4 is 5.73 Å². The van der Waals surface area contributed by atoms with Crippen LogP contribution in [0.25, 0.3) is 41.1 Å². The summed E-state index contributed by atoms with van der Waals surface area (Å²) in [6, 6.07) is 13.7. The standard InChI is InChI=1S/C27H29NS4/c1-14-8-9-17(29-14)22-15-12-19(26(2,3)4)32-25(15)23(18-10-11-21(28)30-18)16-13-20(27(5,6)7)31-24(16)22/h8-13H,28H2,1-7H3. The van der Waals surface area contributed by atoms with E-state index in [-0.39, 0.29) is 10.8 Å². The monoisotopic (exact) mass is 495 g/mol. The minimum atomic E-state index is 0.113. The number of thiophene rings is 4. The zero-order valence-electron chi connectivity index (χ0n) is 19.7. The molecule has 0 amide bonds. The predicted molar refractivity (Wildman–Crippen MR) is 150 cm³/mol. The van der Waals surface area contributed by atoms with E-state index in [1.165, 1.54) is 55.7 Å². The Morgan fingerprint density at radius 3 is 1.47 bits per heavy atom. The number of nitrogens with two attached hydrogens (primary N) is 1. The topological polar surface area (TPSA) is 26.0 Å². The summed E-state index contributed by atoms with van der Waals surface area (Å²) in [5.41, 5.74) is 9.20. The molecule has 0 radical (unpaired) electrons. The van der Waals surface area contributed by atoms with Crippen molar-refractivity contribution in [2.45, 2.75) is 59.3 Å². The van der Waals surface area contributed by atoms with Crippen LogP contribution in [-0.2, 0) is 10.8 Å². The normalized spacial score (nSPS) is 13.0. The lowest BCUT2D eigenvalue weighted by Crippen LogP contribution is -2.07. The molecule has 32 heavy (non-hydrogen) atoms. The number of fused-ring (bicyclic) bond motifs is 2. The fourth-order valence-corrected chi connectivity index (χ4v) is 8.55. The van der Waals surface area contributed by atoms with E-state index in [1.807, 2.05) is 40.1 Å². The van der Waals surface area contributed by atoms with E-state index in [0.29, 0.717) is 0 Å². The highest BCUT2D eigenvalue weighted by molar-refractivity contribution is 7.24. The van der Waals surface area contributed by atoms with Crippen molar-refractivity contribution in [2.24, 2.45) is 0 Å². The molecular formula is C27H29NS4. The van der Waals surface area contributed by atoms with E-state index in [4.69, 9.17) is 5.73 Å². The van der Waals surface area contributed by atoms with Gasteiger partial charge in [-0.05, 0) is 54.2 Å². The summed E-state index contributed by atoms with van der Waals surface area (Å²) >= 11 is 7.53. The van der Waals surface area contributed by atoms with Crippen LogP contribution in [0.3, 0.4) is 0 Å². The van der Waals surface area contributed by atoms with Crippen LogP contribution in [0.1, 0.15) is 56.2 Å². The van der Waals surface area contributed by atoms with Crippen LogP contribution in [0.5, 0.6) is 0 Å². The molecule has 2 N–H and O–H groups in total. The molecule has 4 heterocycles. The smallest absolute Gasteiger partial charge is 0.0862 e. The number of benzene rings is 1. The highest BCUT2D eigenvalue weighted by atomic mass is 32.1. The van der Waals surface area contributed by atoms with Gasteiger partial charge in [0.25, 0.3) is 0 Å². The van der Waals surface area contributed by atoms with Gasteiger partial charge in [0.1, 0.15) is 0 Å². The molecule has 0 saturated heterocycles. The third-order valence-electron chi connectivity index (χ3n) is 5.80. The molecule has 1 nitrogen and oxygen atoms in total. The Balaban J connectivity index is 2.00. The first-order valence-electron chi connectivity index (χ1n) is 10.9. The van der Waals surface area contributed by atoms with Gasteiger partial charge in [-0.3, -0.25) is 0 Å². The molecule has 0 aliphatic rings. The Morgan fingerprint density at radius 2 is 1.09 bits per heavy atom. The molecule has 0 spiro atoms. The summed E-state index contributed by atoms with van der Waals surface area (Å²) in [7, 11) is 0. The summed E-state index contributed by atoms with van der Waals surface area (Å²) in [6.07, 6.45) is 0. The van der Waals surface area contributed by atoms with Crippen LogP contribution in [0.4, 0.5) is 5.00 Å². The fraction of sp³-hybridized carbons (Fsp3) is 0.333. The van der Waals surface area contributed by atoms with Crippen LogP contribution >= 0.6 is 45.3 Å². The van der Waals surface area contributed by atoms with Gasteiger partial charge in [0.05, 0.1) is 5.00 Å². The van der Waals surface area contributed by atoms with Gasteiger partial charge >= 0.3 is 0 Å². The molecule has 0 saturated carbocycles. The van der Waals surface area contributed by atoms with Crippen molar-refractivity contribution >= 4 is 70.5 Å². The molecule has 0 atom stereocenters. The number of rotatable bonds is 2. The number of hydrogen-bond acceptors (Lipinski definition) is 5. The summed E-state index contributed by atoms with van der Waals surface area (Å²) in [6.45, 7) is 16.1. The van der Waals surface area contributed by atoms with Gasteiger partial charge < -0.3 is 5.73 Å². The van der Waals surface area contributed by atoms with Crippen molar-refractivity contribution in [1.82, 2.24) is 0 Å². The zero-order chi connectivity index (χ0) is 23.0. The second-order valence-corrected chi connectivity index (χ2v) is 15.1. The van der Waals surface area contributed by atoms with Gasteiger partial charge in [-0.2, -0.15) is 0 Å². The van der Waals surface area contributed by atoms with Gasteiger partial charge in [0, 0.05) is 55.7 Å². The largest absolute Gasteiger partial charge is 0.391 e. The maximum atomic E-state index is 6.20. The van der Waals surface area contributed by atoms with Gasteiger partial charge in [0.2, 0.25) is 0 Å². The number of hydrogen-bond donors (Lipinski definition) is 1. The van der Waals surface area contributed by atoms with Gasteiger partial charge in [-0.1, -0.05) is 41.5 Å². The van der Waals surface area contributed by atoms with Crippen LogP contribution in [0.15, 0.2) is 36.4 Å². The molecule has 0 unspecified atom stereocenters. The molecule has 0 fully saturated rings. The lowest BCUT2D eigenvalue weighted by molar-refractivity contribution is 0.604. The van der Waals surface area contributed by atoms with Crippen LogP contribution in [0.2, 0.25) is 0 Å². The summed E-state index contributed by atoms with van der Waals surface area (Å²) in [5, 5.41) is 3.63. The molecular weight excluding hydrogens is 467 g/mol. The van der Waals surface area contributed by atoms with Crippen molar-refractivity contribution in [3.63, 3.8) is 0 Å². The second kappa shape index (κ2) is 7.42. The summed E-state index contributed by atoms with van der Waals surface area (Å²) in [4.78, 5) is 6.86. The number of nitrogen functional groups attached to an aromatic ring is 1. The van der Waals surface area contributed by atoms with Crippen molar-refractivity contribution in [3.05, 3.63) is 51.0 Å². The Kier molecular flexibility index (Phi) is 5.14. The summed E-state index contributed by atoms with van der Waals surface area (Å²) < 4.78 is 2.80.